The van der Waals surface area contributed by atoms with Crippen molar-refractivity contribution in [3.63, 3.8) is 0 Å². The topological polar surface area (TPSA) is 0 Å². The zero-order chi connectivity index (χ0) is 26.3. The molecular weight excluding hydrogens is 615 g/mol. The van der Waals surface area contributed by atoms with Gasteiger partial charge in [0.15, 0.2) is 0 Å². The van der Waals surface area contributed by atoms with Crippen molar-refractivity contribution in [3.05, 3.63) is 14.9 Å². The van der Waals surface area contributed by atoms with Crippen molar-refractivity contribution in [3.8, 4) is 0 Å². The van der Waals surface area contributed by atoms with E-state index < -0.39 is 36.0 Å². The van der Waals surface area contributed by atoms with E-state index in [0.29, 0.717) is 0 Å². The molecule has 0 heterocycles. The van der Waals surface area contributed by atoms with Gasteiger partial charge in [-0.3, -0.25) is 0 Å². The quantitative estimate of drug-likeness (QED) is 0.194. The fraction of sp³-hybridized carbons (Fsp3) is 0.939. The summed E-state index contributed by atoms with van der Waals surface area (Å²) in [6.07, 6.45) is 20.4. The summed E-state index contributed by atoms with van der Waals surface area (Å²) in [7, 11) is 7.31. The van der Waals surface area contributed by atoms with Gasteiger partial charge in [-0.2, -0.15) is 0 Å². The van der Waals surface area contributed by atoms with Gasteiger partial charge in [0.2, 0.25) is 0 Å². The molecule has 222 valence electrons. The second-order valence-electron chi connectivity index (χ2n) is 15.5. The van der Waals surface area contributed by atoms with E-state index in [2.05, 4.69) is 47.0 Å². The van der Waals surface area contributed by atoms with Gasteiger partial charge in [0.1, 0.15) is 0 Å². The Hall–Kier alpha value is 1.90. The second-order valence-corrected chi connectivity index (χ2v) is 35.3. The summed E-state index contributed by atoms with van der Waals surface area (Å²) in [6.45, 7) is 19.6. The van der Waals surface area contributed by atoms with Crippen LogP contribution in [0.4, 0.5) is 0 Å². The zero-order valence-corrected chi connectivity index (χ0v) is 32.8. The van der Waals surface area contributed by atoms with E-state index in [9.17, 15) is 0 Å². The molecule has 0 spiro atoms. The molecule has 0 radical (unpaired) electrons. The molecule has 0 aromatic rings. The van der Waals surface area contributed by atoms with Gasteiger partial charge in [-0.25, -0.2) is 0 Å². The molecular formula is C33H64Cl2Si2Zr. The van der Waals surface area contributed by atoms with Crippen molar-refractivity contribution in [2.24, 2.45) is 53.3 Å². The third-order valence-electron chi connectivity index (χ3n) is 13.8. The molecule has 0 saturated heterocycles. The Morgan fingerprint density at radius 1 is 0.711 bits per heavy atom. The first kappa shape index (κ1) is 36.1. The molecule has 5 heteroatoms. The fourth-order valence-corrected chi connectivity index (χ4v) is 25.9. The number of fused-ring (bicyclic) bond motifs is 3. The van der Waals surface area contributed by atoms with Gasteiger partial charge >= 0.3 is 37.9 Å². The van der Waals surface area contributed by atoms with Crippen LogP contribution in [0.15, 0.2) is 0 Å². The Kier molecular flexibility index (Phi) is 14.3. The van der Waals surface area contributed by atoms with Crippen molar-refractivity contribution >= 4 is 32.2 Å². The molecule has 5 aliphatic carbocycles. The average molecular weight is 679 g/mol. The van der Waals surface area contributed by atoms with Gasteiger partial charge < -0.3 is 14.9 Å². The van der Waals surface area contributed by atoms with Gasteiger partial charge in [-0.1, -0.05) is 98.3 Å². The summed E-state index contributed by atoms with van der Waals surface area (Å²) in [5.74, 6) is 9.78. The van der Waals surface area contributed by atoms with Crippen molar-refractivity contribution < 1.29 is 20.8 Å². The average Bonchev–Trinajstić information content (AvgIpc) is 3.54. The van der Waals surface area contributed by atoms with Crippen LogP contribution < -0.4 is 0 Å². The maximum absolute atomic E-state index is 4.93. The molecule has 5 rings (SSSR count). The fourth-order valence-electron chi connectivity index (χ4n) is 11.5. The standard InChI is InChI=1S/C31H58Si2.2CH3.2ClH.Zr/c1-8-12-21(2)27-20-31(29-19-24-14-11-13-23(24)18-28(27)29)33(6,7)32(4,5)30-17-22(3)25-15-9-10-16-26(25)30;;;;;/h21-31H,8-20H2,1-7H3;2*1H3;2*1H;/q;2*-1;;;+4/p-2. The Balaban J connectivity index is 0.000000969. The zero-order valence-electron chi connectivity index (χ0n) is 26.8. The SMILES string of the molecule is CCCC(C)C1CC([Si](C)(C)[Si](C)(C)C2CC(C)C3CCCCC32)C2CC3CCCC3CC12.[CH3-].[CH3-].[Cl][Zr+2][Cl]. The first-order valence-corrected chi connectivity index (χ1v) is 29.5. The van der Waals surface area contributed by atoms with E-state index in [1.165, 1.54) is 19.3 Å². The third kappa shape index (κ3) is 6.83. The Morgan fingerprint density at radius 2 is 1.21 bits per heavy atom. The Morgan fingerprint density at radius 3 is 1.76 bits per heavy atom. The molecule has 5 fully saturated rings. The van der Waals surface area contributed by atoms with E-state index in [1.807, 2.05) is 0 Å². The molecule has 0 nitrogen and oxygen atoms in total. The summed E-state index contributed by atoms with van der Waals surface area (Å²) in [6, 6.07) is 0. The molecule has 0 aliphatic heterocycles. The summed E-state index contributed by atoms with van der Waals surface area (Å²) in [4.78, 5) is 0. The van der Waals surface area contributed by atoms with E-state index in [0.717, 1.165) is 64.3 Å². The summed E-state index contributed by atoms with van der Waals surface area (Å²) in [5.41, 5.74) is 2.32. The van der Waals surface area contributed by atoms with E-state index in [4.69, 9.17) is 17.0 Å². The molecule has 0 aromatic heterocycles. The van der Waals surface area contributed by atoms with E-state index in [-0.39, 0.29) is 14.9 Å². The number of hydrogen-bond donors (Lipinski definition) is 0. The monoisotopic (exact) mass is 676 g/mol. The van der Waals surface area contributed by atoms with Crippen LogP contribution in [0.2, 0.25) is 37.3 Å². The Labute approximate surface area is 260 Å². The van der Waals surface area contributed by atoms with E-state index in [1.54, 1.807) is 64.2 Å². The second kappa shape index (κ2) is 15.1. The van der Waals surface area contributed by atoms with Gasteiger partial charge in [0, 0.05) is 15.2 Å². The first-order chi connectivity index (χ1) is 17.1. The number of halogens is 2. The predicted molar refractivity (Wildman–Crippen MR) is 175 cm³/mol. The summed E-state index contributed by atoms with van der Waals surface area (Å²) in [5, 5.41) is 0. The van der Waals surface area contributed by atoms with Crippen LogP contribution in [0.25, 0.3) is 0 Å². The molecule has 38 heavy (non-hydrogen) atoms. The normalized spacial score (nSPS) is 40.8. The van der Waals surface area contributed by atoms with Crippen LogP contribution in [0.5, 0.6) is 0 Å². The molecule has 0 amide bonds. The van der Waals surface area contributed by atoms with Gasteiger partial charge in [0.25, 0.3) is 0 Å². The maximum atomic E-state index is 4.93. The van der Waals surface area contributed by atoms with Crippen LogP contribution in [-0.2, 0) is 20.8 Å². The molecule has 11 atom stereocenters. The molecule has 0 aromatic carbocycles. The van der Waals surface area contributed by atoms with Crippen LogP contribution in [0.3, 0.4) is 0 Å². The van der Waals surface area contributed by atoms with Crippen molar-refractivity contribution in [1.82, 2.24) is 0 Å². The molecule has 0 N–H and O–H groups in total. The summed E-state index contributed by atoms with van der Waals surface area (Å²) >= 11 is -0.826. The van der Waals surface area contributed by atoms with Crippen LogP contribution in [-0.4, -0.2) is 15.2 Å². The molecule has 5 aliphatic rings. The molecule has 0 bridgehead atoms. The first-order valence-electron chi connectivity index (χ1n) is 16.0. The van der Waals surface area contributed by atoms with Crippen molar-refractivity contribution in [2.75, 3.05) is 0 Å². The molecule has 11 unspecified atom stereocenters. The predicted octanol–water partition coefficient (Wildman–Crippen LogP) is 12.2. The van der Waals surface area contributed by atoms with Gasteiger partial charge in [-0.05, 0) is 96.4 Å². The van der Waals surface area contributed by atoms with Crippen molar-refractivity contribution in [1.29, 1.82) is 0 Å². The minimum atomic E-state index is -1.29. The van der Waals surface area contributed by atoms with Crippen LogP contribution in [0, 0.1) is 68.1 Å². The van der Waals surface area contributed by atoms with Crippen LogP contribution >= 0.6 is 17.0 Å². The minimum absolute atomic E-state index is 0. The Bertz CT molecular complexity index is 715. The number of rotatable bonds is 6. The van der Waals surface area contributed by atoms with Crippen LogP contribution in [0.1, 0.15) is 104 Å². The third-order valence-corrected chi connectivity index (χ3v) is 34.4. The molecule has 5 saturated carbocycles. The van der Waals surface area contributed by atoms with E-state index >= 15 is 0 Å². The van der Waals surface area contributed by atoms with Crippen molar-refractivity contribution in [2.45, 2.75) is 142 Å². The number of hydrogen-bond acceptors (Lipinski definition) is 0. The summed E-state index contributed by atoms with van der Waals surface area (Å²) < 4.78 is 0. The van der Waals surface area contributed by atoms with Gasteiger partial charge in [0.05, 0.1) is 0 Å². The van der Waals surface area contributed by atoms with Gasteiger partial charge in [-0.15, -0.1) is 0 Å².